The maximum absolute atomic E-state index is 3.90. The van der Waals surface area contributed by atoms with Gasteiger partial charge in [0.15, 0.2) is 0 Å². The van der Waals surface area contributed by atoms with E-state index in [1.807, 2.05) is 12.2 Å². The minimum absolute atomic E-state index is 1.11. The second kappa shape index (κ2) is 5.55. The SMILES string of the molecule is C=C[C](C)c1cccc(CCC)c1C=C. The molecule has 0 heterocycles. The Bertz CT molecular complexity index is 347. The highest BCUT2D eigenvalue weighted by atomic mass is 14.1. The highest BCUT2D eigenvalue weighted by molar-refractivity contribution is 5.61. The third-order valence-electron chi connectivity index (χ3n) is 2.65. The Labute approximate surface area is 93.3 Å². The Morgan fingerprint density at radius 1 is 1.33 bits per heavy atom. The van der Waals surface area contributed by atoms with Gasteiger partial charge in [-0.05, 0) is 23.1 Å². The lowest BCUT2D eigenvalue weighted by molar-refractivity contribution is 0.917. The van der Waals surface area contributed by atoms with Crippen molar-refractivity contribution in [3.63, 3.8) is 0 Å². The third-order valence-corrected chi connectivity index (χ3v) is 2.65. The highest BCUT2D eigenvalue weighted by Gasteiger charge is 2.09. The summed E-state index contributed by atoms with van der Waals surface area (Å²) in [4.78, 5) is 0. The molecule has 0 atom stereocenters. The zero-order valence-corrected chi connectivity index (χ0v) is 9.72. The molecule has 0 spiro atoms. The molecule has 0 aliphatic heterocycles. The van der Waals surface area contributed by atoms with Gasteiger partial charge in [0.2, 0.25) is 0 Å². The molecule has 0 N–H and O–H groups in total. The molecule has 0 bridgehead atoms. The fourth-order valence-corrected chi connectivity index (χ4v) is 1.80. The first-order valence-corrected chi connectivity index (χ1v) is 5.45. The first-order chi connectivity index (χ1) is 7.24. The first kappa shape index (κ1) is 11.8. The van der Waals surface area contributed by atoms with Crippen LogP contribution in [-0.2, 0) is 6.42 Å². The standard InChI is InChI=1S/C15H19/c1-5-9-13-10-8-11-15(12(4)6-2)14(13)7-3/h6-8,10-11H,2-3,5,9H2,1,4H3. The Hall–Kier alpha value is -1.30. The maximum Gasteiger partial charge on any atom is 0.0236 e. The fourth-order valence-electron chi connectivity index (χ4n) is 1.80. The van der Waals surface area contributed by atoms with E-state index < -0.39 is 0 Å². The summed E-state index contributed by atoms with van der Waals surface area (Å²) in [5, 5.41) is 0. The van der Waals surface area contributed by atoms with E-state index in [1.54, 1.807) is 0 Å². The molecule has 1 radical (unpaired) electrons. The number of hydrogen-bond acceptors (Lipinski definition) is 0. The summed E-state index contributed by atoms with van der Waals surface area (Å²) in [6.45, 7) is 12.0. The van der Waals surface area contributed by atoms with Crippen molar-refractivity contribution in [3.8, 4) is 0 Å². The van der Waals surface area contributed by atoms with E-state index in [1.165, 1.54) is 22.6 Å². The molecule has 15 heavy (non-hydrogen) atoms. The van der Waals surface area contributed by atoms with Crippen LogP contribution in [0.25, 0.3) is 6.08 Å². The van der Waals surface area contributed by atoms with E-state index >= 15 is 0 Å². The summed E-state index contributed by atoms with van der Waals surface area (Å²) in [5.74, 6) is 1.21. The molecule has 1 aromatic rings. The van der Waals surface area contributed by atoms with E-state index in [9.17, 15) is 0 Å². The molecule has 0 aromatic heterocycles. The monoisotopic (exact) mass is 199 g/mol. The average molecular weight is 199 g/mol. The Balaban J connectivity index is 3.20. The van der Waals surface area contributed by atoms with Gasteiger partial charge in [0, 0.05) is 5.92 Å². The summed E-state index contributed by atoms with van der Waals surface area (Å²) < 4.78 is 0. The molecular formula is C15H19. The lowest BCUT2D eigenvalue weighted by Crippen LogP contribution is -1.98. The molecule has 0 unspecified atom stereocenters. The molecule has 0 heteroatoms. The zero-order chi connectivity index (χ0) is 11.3. The number of benzene rings is 1. The van der Waals surface area contributed by atoms with Crippen LogP contribution < -0.4 is 0 Å². The van der Waals surface area contributed by atoms with Crippen LogP contribution in [0.1, 0.15) is 37.0 Å². The topological polar surface area (TPSA) is 0 Å². The van der Waals surface area contributed by atoms with Crippen molar-refractivity contribution < 1.29 is 0 Å². The van der Waals surface area contributed by atoms with Crippen molar-refractivity contribution in [2.75, 3.05) is 0 Å². The van der Waals surface area contributed by atoms with E-state index in [0.29, 0.717) is 0 Å². The summed E-state index contributed by atoms with van der Waals surface area (Å²) in [7, 11) is 0. The summed E-state index contributed by atoms with van der Waals surface area (Å²) in [5.41, 5.74) is 3.90. The second-order valence-corrected chi connectivity index (χ2v) is 3.72. The number of allylic oxidation sites excluding steroid dienone is 1. The van der Waals surface area contributed by atoms with Crippen molar-refractivity contribution in [1.82, 2.24) is 0 Å². The maximum atomic E-state index is 3.90. The predicted octanol–water partition coefficient (Wildman–Crippen LogP) is 4.41. The van der Waals surface area contributed by atoms with Gasteiger partial charge < -0.3 is 0 Å². The molecule has 1 aromatic carbocycles. The minimum Gasteiger partial charge on any atom is -0.102 e. The molecule has 0 saturated carbocycles. The minimum atomic E-state index is 1.11. The van der Waals surface area contributed by atoms with Gasteiger partial charge in [-0.3, -0.25) is 0 Å². The lowest BCUT2D eigenvalue weighted by Gasteiger charge is -2.14. The summed E-state index contributed by atoms with van der Waals surface area (Å²) in [6, 6.07) is 6.42. The molecule has 0 aliphatic rings. The Morgan fingerprint density at radius 3 is 2.60 bits per heavy atom. The van der Waals surface area contributed by atoms with Crippen molar-refractivity contribution in [2.24, 2.45) is 0 Å². The van der Waals surface area contributed by atoms with Crippen LogP contribution in [0.3, 0.4) is 0 Å². The Kier molecular flexibility index (Phi) is 4.36. The molecule has 1 rings (SSSR count). The fraction of sp³-hybridized carbons (Fsp3) is 0.267. The van der Waals surface area contributed by atoms with Crippen LogP contribution in [-0.4, -0.2) is 0 Å². The van der Waals surface area contributed by atoms with Crippen molar-refractivity contribution >= 4 is 6.08 Å². The zero-order valence-electron chi connectivity index (χ0n) is 9.72. The van der Waals surface area contributed by atoms with Gasteiger partial charge in [0.25, 0.3) is 0 Å². The van der Waals surface area contributed by atoms with E-state index in [4.69, 9.17) is 0 Å². The van der Waals surface area contributed by atoms with Crippen LogP contribution in [0.2, 0.25) is 0 Å². The smallest absolute Gasteiger partial charge is 0.0236 e. The molecular weight excluding hydrogens is 180 g/mol. The van der Waals surface area contributed by atoms with Crippen LogP contribution >= 0.6 is 0 Å². The largest absolute Gasteiger partial charge is 0.102 e. The predicted molar refractivity (Wildman–Crippen MR) is 68.7 cm³/mol. The van der Waals surface area contributed by atoms with E-state index in [-0.39, 0.29) is 0 Å². The lowest BCUT2D eigenvalue weighted by atomic mass is 9.91. The van der Waals surface area contributed by atoms with Gasteiger partial charge in [0.1, 0.15) is 0 Å². The van der Waals surface area contributed by atoms with Crippen LogP contribution in [0.4, 0.5) is 0 Å². The summed E-state index contributed by atoms with van der Waals surface area (Å²) >= 11 is 0. The molecule has 0 aliphatic carbocycles. The van der Waals surface area contributed by atoms with Crippen LogP contribution in [0, 0.1) is 5.92 Å². The van der Waals surface area contributed by atoms with Crippen molar-refractivity contribution in [1.29, 1.82) is 0 Å². The second-order valence-electron chi connectivity index (χ2n) is 3.72. The van der Waals surface area contributed by atoms with E-state index in [2.05, 4.69) is 45.2 Å². The van der Waals surface area contributed by atoms with Gasteiger partial charge in [-0.25, -0.2) is 0 Å². The van der Waals surface area contributed by atoms with Crippen LogP contribution in [0.15, 0.2) is 37.4 Å². The van der Waals surface area contributed by atoms with Crippen molar-refractivity contribution in [2.45, 2.75) is 26.7 Å². The van der Waals surface area contributed by atoms with Gasteiger partial charge in [0.05, 0.1) is 0 Å². The normalized spacial score (nSPS) is 10.3. The van der Waals surface area contributed by atoms with Gasteiger partial charge >= 0.3 is 0 Å². The van der Waals surface area contributed by atoms with Crippen molar-refractivity contribution in [3.05, 3.63) is 60.0 Å². The number of hydrogen-bond donors (Lipinski definition) is 0. The van der Waals surface area contributed by atoms with Gasteiger partial charge in [-0.1, -0.05) is 57.2 Å². The number of rotatable bonds is 5. The van der Waals surface area contributed by atoms with Gasteiger partial charge in [-0.2, -0.15) is 0 Å². The molecule has 0 saturated heterocycles. The first-order valence-electron chi connectivity index (χ1n) is 5.45. The third kappa shape index (κ3) is 2.59. The molecule has 0 amide bonds. The quantitative estimate of drug-likeness (QED) is 0.659. The molecule has 0 fully saturated rings. The van der Waals surface area contributed by atoms with Gasteiger partial charge in [-0.15, -0.1) is 6.58 Å². The number of aryl methyl sites for hydroxylation is 1. The Morgan fingerprint density at radius 2 is 2.07 bits per heavy atom. The molecule has 0 nitrogen and oxygen atoms in total. The highest BCUT2D eigenvalue weighted by Crippen LogP contribution is 2.24. The average Bonchev–Trinajstić information content (AvgIpc) is 2.28. The van der Waals surface area contributed by atoms with Crippen LogP contribution in [0.5, 0.6) is 0 Å². The summed E-state index contributed by atoms with van der Waals surface area (Å²) in [6.07, 6.45) is 6.13. The molecule has 79 valence electrons. The van der Waals surface area contributed by atoms with E-state index in [0.717, 1.165) is 12.8 Å².